The molecule has 0 atom stereocenters. The van der Waals surface area contributed by atoms with E-state index in [9.17, 15) is 9.18 Å². The van der Waals surface area contributed by atoms with E-state index >= 15 is 0 Å². The zero-order chi connectivity index (χ0) is 13.6. The number of unbranched alkanes of at least 4 members (excludes halogenated alkanes) is 5. The molecule has 0 saturated heterocycles. The SMILES string of the molecule is CCCCCCCC/C(F)=C\C=C\C(=O)OCC. The zero-order valence-electron chi connectivity index (χ0n) is 11.6. The summed E-state index contributed by atoms with van der Waals surface area (Å²) < 4.78 is 18.0. The molecule has 0 aliphatic rings. The highest BCUT2D eigenvalue weighted by molar-refractivity contribution is 5.82. The van der Waals surface area contributed by atoms with Crippen molar-refractivity contribution in [2.75, 3.05) is 6.61 Å². The largest absolute Gasteiger partial charge is 0.463 e. The predicted molar refractivity (Wildman–Crippen MR) is 73.0 cm³/mol. The number of carbonyl (C=O) groups excluding carboxylic acids is 1. The quantitative estimate of drug-likeness (QED) is 0.245. The van der Waals surface area contributed by atoms with Gasteiger partial charge in [0.05, 0.1) is 12.4 Å². The highest BCUT2D eigenvalue weighted by Gasteiger charge is 1.95. The van der Waals surface area contributed by atoms with E-state index in [0.29, 0.717) is 13.0 Å². The fourth-order valence-corrected chi connectivity index (χ4v) is 1.58. The molecule has 3 heteroatoms. The first-order chi connectivity index (χ1) is 8.70. The van der Waals surface area contributed by atoms with Crippen LogP contribution in [0.4, 0.5) is 4.39 Å². The average Bonchev–Trinajstić information content (AvgIpc) is 2.34. The van der Waals surface area contributed by atoms with Crippen LogP contribution in [-0.2, 0) is 9.53 Å². The van der Waals surface area contributed by atoms with Crippen LogP contribution in [0.15, 0.2) is 24.1 Å². The number of hydrogen-bond acceptors (Lipinski definition) is 2. The summed E-state index contributed by atoms with van der Waals surface area (Å²) in [6, 6.07) is 0. The van der Waals surface area contributed by atoms with Gasteiger partial charge in [-0.15, -0.1) is 0 Å². The van der Waals surface area contributed by atoms with E-state index in [1.807, 2.05) is 0 Å². The summed E-state index contributed by atoms with van der Waals surface area (Å²) in [6.07, 6.45) is 11.3. The molecule has 104 valence electrons. The molecule has 0 aliphatic heterocycles. The monoisotopic (exact) mass is 256 g/mol. The van der Waals surface area contributed by atoms with Crippen LogP contribution in [-0.4, -0.2) is 12.6 Å². The summed E-state index contributed by atoms with van der Waals surface area (Å²) in [7, 11) is 0. The molecule has 2 nitrogen and oxygen atoms in total. The van der Waals surface area contributed by atoms with Crippen molar-refractivity contribution in [3.63, 3.8) is 0 Å². The number of hydrogen-bond donors (Lipinski definition) is 0. The Morgan fingerprint density at radius 3 is 2.44 bits per heavy atom. The van der Waals surface area contributed by atoms with Crippen molar-refractivity contribution in [3.8, 4) is 0 Å². The Balaban J connectivity index is 3.61. The Kier molecular flexibility index (Phi) is 11.6. The van der Waals surface area contributed by atoms with Gasteiger partial charge >= 0.3 is 5.97 Å². The highest BCUT2D eigenvalue weighted by Crippen LogP contribution is 2.12. The van der Waals surface area contributed by atoms with Gasteiger partial charge in [0.15, 0.2) is 0 Å². The number of ether oxygens (including phenoxy) is 1. The first-order valence-electron chi connectivity index (χ1n) is 6.90. The molecule has 0 heterocycles. The number of halogens is 1. The minimum atomic E-state index is -0.430. The minimum Gasteiger partial charge on any atom is -0.463 e. The maximum Gasteiger partial charge on any atom is 0.330 e. The first-order valence-corrected chi connectivity index (χ1v) is 6.90. The van der Waals surface area contributed by atoms with Crippen LogP contribution < -0.4 is 0 Å². The normalized spacial score (nSPS) is 12.1. The van der Waals surface area contributed by atoms with E-state index in [2.05, 4.69) is 11.7 Å². The van der Waals surface area contributed by atoms with Gasteiger partial charge in [-0.3, -0.25) is 0 Å². The lowest BCUT2D eigenvalue weighted by atomic mass is 10.1. The molecule has 18 heavy (non-hydrogen) atoms. The third kappa shape index (κ3) is 11.4. The third-order valence-electron chi connectivity index (χ3n) is 2.57. The van der Waals surface area contributed by atoms with E-state index in [1.54, 1.807) is 6.92 Å². The van der Waals surface area contributed by atoms with Crippen LogP contribution in [0.3, 0.4) is 0 Å². The van der Waals surface area contributed by atoms with Gasteiger partial charge in [-0.25, -0.2) is 9.18 Å². The molecule has 0 aromatic heterocycles. The van der Waals surface area contributed by atoms with Crippen LogP contribution >= 0.6 is 0 Å². The zero-order valence-corrected chi connectivity index (χ0v) is 11.6. The van der Waals surface area contributed by atoms with Gasteiger partial charge in [-0.2, -0.15) is 0 Å². The smallest absolute Gasteiger partial charge is 0.330 e. The number of allylic oxidation sites excluding steroid dienone is 3. The predicted octanol–water partition coefficient (Wildman–Crippen LogP) is 4.71. The second kappa shape index (κ2) is 12.3. The minimum absolute atomic E-state index is 0.175. The number of esters is 1. The lowest BCUT2D eigenvalue weighted by molar-refractivity contribution is -0.137. The molecule has 0 aromatic rings. The second-order valence-corrected chi connectivity index (χ2v) is 4.24. The second-order valence-electron chi connectivity index (χ2n) is 4.24. The van der Waals surface area contributed by atoms with Crippen molar-refractivity contribution in [1.82, 2.24) is 0 Å². The lowest BCUT2D eigenvalue weighted by Gasteiger charge is -1.99. The molecule has 0 aromatic carbocycles. The number of carbonyl (C=O) groups is 1. The molecule has 0 amide bonds. The van der Waals surface area contributed by atoms with Gasteiger partial charge in [0.25, 0.3) is 0 Å². The van der Waals surface area contributed by atoms with E-state index in [-0.39, 0.29) is 5.83 Å². The summed E-state index contributed by atoms with van der Waals surface area (Å²) in [4.78, 5) is 10.9. The topological polar surface area (TPSA) is 26.3 Å². The third-order valence-corrected chi connectivity index (χ3v) is 2.57. The van der Waals surface area contributed by atoms with Gasteiger partial charge in [-0.05, 0) is 25.8 Å². The molecule has 0 saturated carbocycles. The van der Waals surface area contributed by atoms with Gasteiger partial charge < -0.3 is 4.74 Å². The van der Waals surface area contributed by atoms with Gasteiger partial charge in [0, 0.05) is 6.08 Å². The van der Waals surface area contributed by atoms with E-state index < -0.39 is 5.97 Å². The Hall–Kier alpha value is -1.12. The summed E-state index contributed by atoms with van der Waals surface area (Å²) in [6.45, 7) is 4.26. The Bertz CT molecular complexity index is 270. The van der Waals surface area contributed by atoms with Crippen LogP contribution in [0.5, 0.6) is 0 Å². The van der Waals surface area contributed by atoms with Crippen LogP contribution in [0.1, 0.15) is 58.8 Å². The maximum absolute atomic E-state index is 13.3. The Morgan fingerprint density at radius 2 is 1.78 bits per heavy atom. The lowest BCUT2D eigenvalue weighted by Crippen LogP contribution is -1.98. The van der Waals surface area contributed by atoms with E-state index in [0.717, 1.165) is 12.8 Å². The summed E-state index contributed by atoms with van der Waals surface area (Å²) in [5.41, 5.74) is 0. The van der Waals surface area contributed by atoms with Crippen molar-refractivity contribution >= 4 is 5.97 Å². The molecule has 0 rings (SSSR count). The summed E-state index contributed by atoms with van der Waals surface area (Å²) >= 11 is 0. The summed E-state index contributed by atoms with van der Waals surface area (Å²) in [5, 5.41) is 0. The van der Waals surface area contributed by atoms with Crippen LogP contribution in [0.25, 0.3) is 0 Å². The van der Waals surface area contributed by atoms with Crippen molar-refractivity contribution in [2.45, 2.75) is 58.8 Å². The molecular weight excluding hydrogens is 231 g/mol. The van der Waals surface area contributed by atoms with Gasteiger partial charge in [0.2, 0.25) is 0 Å². The van der Waals surface area contributed by atoms with Crippen molar-refractivity contribution in [3.05, 3.63) is 24.1 Å². The van der Waals surface area contributed by atoms with Gasteiger partial charge in [0.1, 0.15) is 0 Å². The Labute approximate surface area is 110 Å². The average molecular weight is 256 g/mol. The van der Waals surface area contributed by atoms with Crippen molar-refractivity contribution in [1.29, 1.82) is 0 Å². The van der Waals surface area contributed by atoms with Crippen molar-refractivity contribution in [2.24, 2.45) is 0 Å². The fraction of sp³-hybridized carbons (Fsp3) is 0.667. The highest BCUT2D eigenvalue weighted by atomic mass is 19.1. The van der Waals surface area contributed by atoms with Crippen molar-refractivity contribution < 1.29 is 13.9 Å². The molecule has 0 spiro atoms. The Morgan fingerprint density at radius 1 is 1.11 bits per heavy atom. The standard InChI is InChI=1S/C15H25FO2/c1-3-5-6-7-8-9-11-14(16)12-10-13-15(17)18-4-2/h10,12-13H,3-9,11H2,1-2H3/b13-10+,14-12+. The number of rotatable bonds is 10. The van der Waals surface area contributed by atoms with E-state index in [1.165, 1.54) is 43.9 Å². The molecule has 0 bridgehead atoms. The van der Waals surface area contributed by atoms with Crippen LogP contribution in [0, 0.1) is 0 Å². The van der Waals surface area contributed by atoms with Gasteiger partial charge in [-0.1, -0.05) is 45.1 Å². The maximum atomic E-state index is 13.3. The van der Waals surface area contributed by atoms with E-state index in [4.69, 9.17) is 0 Å². The molecule has 0 N–H and O–H groups in total. The molecule has 0 unspecified atom stereocenters. The molecule has 0 radical (unpaired) electrons. The molecular formula is C15H25FO2. The molecule has 0 fully saturated rings. The summed E-state index contributed by atoms with van der Waals surface area (Å²) in [5.74, 6) is -0.604. The molecule has 0 aliphatic carbocycles. The first kappa shape index (κ1) is 16.9. The fourth-order valence-electron chi connectivity index (χ4n) is 1.58. The van der Waals surface area contributed by atoms with Crippen LogP contribution in [0.2, 0.25) is 0 Å².